The highest BCUT2D eigenvalue weighted by Crippen LogP contribution is 2.51. The highest BCUT2D eigenvalue weighted by molar-refractivity contribution is 5.40. The minimum atomic E-state index is 0.785. The van der Waals surface area contributed by atoms with Gasteiger partial charge in [-0.1, -0.05) is 0 Å². The molecule has 0 aromatic carbocycles. The van der Waals surface area contributed by atoms with E-state index in [9.17, 15) is 0 Å². The Bertz CT molecular complexity index is 314. The van der Waals surface area contributed by atoms with Gasteiger partial charge in [-0.15, -0.1) is 0 Å². The van der Waals surface area contributed by atoms with Crippen molar-refractivity contribution in [1.82, 2.24) is 9.97 Å². The van der Waals surface area contributed by atoms with Crippen LogP contribution in [0, 0.1) is 17.8 Å². The van der Waals surface area contributed by atoms with Gasteiger partial charge in [-0.3, -0.25) is 0 Å². The minimum absolute atomic E-state index is 0.785. The molecule has 1 saturated carbocycles. The normalized spacial score (nSPS) is 34.4. The lowest BCUT2D eigenvalue weighted by atomic mass is 10.2. The lowest BCUT2D eigenvalue weighted by Gasteiger charge is -2.19. The lowest BCUT2D eigenvalue weighted by molar-refractivity contribution is 0.643. The van der Waals surface area contributed by atoms with Crippen molar-refractivity contribution in [2.45, 2.75) is 0 Å². The van der Waals surface area contributed by atoms with Crippen molar-refractivity contribution < 1.29 is 0 Å². The molecule has 2 atom stereocenters. The predicted molar refractivity (Wildman–Crippen MR) is 53.8 cm³/mol. The Balaban J connectivity index is 1.70. The topological polar surface area (TPSA) is 55.0 Å². The molecule has 2 aliphatic rings. The van der Waals surface area contributed by atoms with E-state index in [-0.39, 0.29) is 0 Å². The van der Waals surface area contributed by atoms with Gasteiger partial charge in [0.2, 0.25) is 0 Å². The second-order valence-electron chi connectivity index (χ2n) is 4.20. The fourth-order valence-electron chi connectivity index (χ4n) is 2.66. The van der Waals surface area contributed by atoms with Crippen LogP contribution in [0.2, 0.25) is 0 Å². The molecule has 0 radical (unpaired) electrons. The maximum atomic E-state index is 5.66. The number of hydrogen-bond acceptors (Lipinski definition) is 4. The van der Waals surface area contributed by atoms with Crippen LogP contribution in [0.25, 0.3) is 0 Å². The van der Waals surface area contributed by atoms with Crippen LogP contribution < -0.4 is 10.6 Å². The summed E-state index contributed by atoms with van der Waals surface area (Å²) in [6, 6.07) is 1.97. The van der Waals surface area contributed by atoms with E-state index < -0.39 is 0 Å². The monoisotopic (exact) mass is 190 g/mol. The van der Waals surface area contributed by atoms with Crippen molar-refractivity contribution >= 4 is 5.82 Å². The summed E-state index contributed by atoms with van der Waals surface area (Å²) in [5, 5.41) is 0. The van der Waals surface area contributed by atoms with Crippen molar-refractivity contribution in [3.05, 3.63) is 18.6 Å². The van der Waals surface area contributed by atoms with Crippen LogP contribution >= 0.6 is 0 Å². The van der Waals surface area contributed by atoms with Crippen LogP contribution in [0.15, 0.2) is 18.6 Å². The lowest BCUT2D eigenvalue weighted by Crippen LogP contribution is -2.26. The van der Waals surface area contributed by atoms with Crippen LogP contribution in [0.1, 0.15) is 0 Å². The average Bonchev–Trinajstić information content (AvgIpc) is 2.72. The van der Waals surface area contributed by atoms with Crippen LogP contribution in [0.4, 0.5) is 5.82 Å². The Morgan fingerprint density at radius 2 is 2.21 bits per heavy atom. The largest absolute Gasteiger partial charge is 0.356 e. The Labute approximate surface area is 83.1 Å². The Morgan fingerprint density at radius 1 is 1.43 bits per heavy atom. The molecular weight excluding hydrogens is 176 g/mol. The van der Waals surface area contributed by atoms with E-state index in [4.69, 9.17) is 5.73 Å². The summed E-state index contributed by atoms with van der Waals surface area (Å²) in [6.45, 7) is 3.11. The molecular formula is C10H14N4. The van der Waals surface area contributed by atoms with Gasteiger partial charge in [-0.2, -0.15) is 0 Å². The number of nitrogens with zero attached hydrogens (tertiary/aromatic N) is 3. The molecule has 1 aromatic rings. The van der Waals surface area contributed by atoms with Gasteiger partial charge in [0.1, 0.15) is 12.1 Å². The SMILES string of the molecule is NCC1C2CN(c3ccncn3)CC12. The van der Waals surface area contributed by atoms with Gasteiger partial charge in [0.15, 0.2) is 0 Å². The van der Waals surface area contributed by atoms with E-state index in [2.05, 4.69) is 14.9 Å². The number of rotatable bonds is 2. The molecule has 4 nitrogen and oxygen atoms in total. The van der Waals surface area contributed by atoms with Crippen molar-refractivity contribution in [3.8, 4) is 0 Å². The summed E-state index contributed by atoms with van der Waals surface area (Å²) >= 11 is 0. The van der Waals surface area contributed by atoms with E-state index >= 15 is 0 Å². The molecule has 0 amide bonds. The summed E-state index contributed by atoms with van der Waals surface area (Å²) < 4.78 is 0. The highest BCUT2D eigenvalue weighted by atomic mass is 15.2. The van der Waals surface area contributed by atoms with Crippen molar-refractivity contribution in [1.29, 1.82) is 0 Å². The van der Waals surface area contributed by atoms with E-state index in [1.54, 1.807) is 12.5 Å². The molecule has 2 heterocycles. The number of fused-ring (bicyclic) bond motifs is 1. The van der Waals surface area contributed by atoms with Crippen molar-refractivity contribution in [2.24, 2.45) is 23.5 Å². The van der Waals surface area contributed by atoms with Crippen molar-refractivity contribution in [2.75, 3.05) is 24.5 Å². The molecule has 74 valence electrons. The first-order chi connectivity index (χ1) is 6.90. The second kappa shape index (κ2) is 2.92. The van der Waals surface area contributed by atoms with Gasteiger partial charge in [-0.25, -0.2) is 9.97 Å². The van der Waals surface area contributed by atoms with Gasteiger partial charge in [-0.05, 0) is 30.4 Å². The van der Waals surface area contributed by atoms with E-state index in [0.29, 0.717) is 0 Å². The third-order valence-electron chi connectivity index (χ3n) is 3.53. The number of hydrogen-bond donors (Lipinski definition) is 1. The third kappa shape index (κ3) is 1.10. The second-order valence-corrected chi connectivity index (χ2v) is 4.20. The van der Waals surface area contributed by atoms with Crippen LogP contribution in [0.5, 0.6) is 0 Å². The first kappa shape index (κ1) is 8.17. The Kier molecular flexibility index (Phi) is 1.70. The first-order valence-electron chi connectivity index (χ1n) is 5.11. The Hall–Kier alpha value is -1.16. The van der Waals surface area contributed by atoms with Crippen molar-refractivity contribution in [3.63, 3.8) is 0 Å². The first-order valence-corrected chi connectivity index (χ1v) is 5.11. The molecule has 3 rings (SSSR count). The molecule has 2 fully saturated rings. The zero-order chi connectivity index (χ0) is 9.54. The highest BCUT2D eigenvalue weighted by Gasteiger charge is 2.54. The molecule has 2 N–H and O–H groups in total. The molecule has 1 aliphatic heterocycles. The number of aromatic nitrogens is 2. The number of piperidine rings is 1. The summed E-state index contributed by atoms with van der Waals surface area (Å²) in [4.78, 5) is 10.5. The molecule has 0 spiro atoms. The molecule has 2 unspecified atom stereocenters. The third-order valence-corrected chi connectivity index (χ3v) is 3.53. The molecule has 4 heteroatoms. The van der Waals surface area contributed by atoms with Gasteiger partial charge in [0.25, 0.3) is 0 Å². The minimum Gasteiger partial charge on any atom is -0.356 e. The van der Waals surface area contributed by atoms with Gasteiger partial charge in [0.05, 0.1) is 0 Å². The van der Waals surface area contributed by atoms with Gasteiger partial charge >= 0.3 is 0 Å². The van der Waals surface area contributed by atoms with E-state index in [0.717, 1.165) is 43.2 Å². The van der Waals surface area contributed by atoms with E-state index in [1.165, 1.54) is 0 Å². The number of anilines is 1. The average molecular weight is 190 g/mol. The standard InChI is InChI=1S/C10H14N4/c11-3-7-8-4-14(5-9(7)8)10-1-2-12-6-13-10/h1-2,6-9H,3-5,11H2. The number of nitrogens with two attached hydrogens (primary N) is 1. The van der Waals surface area contributed by atoms with Gasteiger partial charge < -0.3 is 10.6 Å². The summed E-state index contributed by atoms with van der Waals surface area (Å²) in [5.41, 5.74) is 5.66. The maximum absolute atomic E-state index is 5.66. The molecule has 1 aromatic heterocycles. The fourth-order valence-corrected chi connectivity index (χ4v) is 2.66. The van der Waals surface area contributed by atoms with Crippen LogP contribution in [-0.2, 0) is 0 Å². The summed E-state index contributed by atoms with van der Waals surface area (Å²) in [7, 11) is 0. The maximum Gasteiger partial charge on any atom is 0.131 e. The molecule has 14 heavy (non-hydrogen) atoms. The zero-order valence-electron chi connectivity index (χ0n) is 8.00. The molecule has 1 aliphatic carbocycles. The summed E-state index contributed by atoms with van der Waals surface area (Å²) in [6.07, 6.45) is 3.41. The van der Waals surface area contributed by atoms with Crippen LogP contribution in [0.3, 0.4) is 0 Å². The Morgan fingerprint density at radius 3 is 2.79 bits per heavy atom. The van der Waals surface area contributed by atoms with Crippen LogP contribution in [-0.4, -0.2) is 29.6 Å². The van der Waals surface area contributed by atoms with Gasteiger partial charge in [0, 0.05) is 19.3 Å². The smallest absolute Gasteiger partial charge is 0.131 e. The molecule has 1 saturated heterocycles. The van der Waals surface area contributed by atoms with E-state index in [1.807, 2.05) is 6.07 Å². The summed E-state index contributed by atoms with van der Waals surface area (Å²) in [5.74, 6) is 3.50. The fraction of sp³-hybridized carbons (Fsp3) is 0.600. The zero-order valence-corrected chi connectivity index (χ0v) is 8.00. The quantitative estimate of drug-likeness (QED) is 0.719. The predicted octanol–water partition coefficient (Wildman–Crippen LogP) is 0.117. The molecule has 0 bridgehead atoms.